The second-order valence-corrected chi connectivity index (χ2v) is 12.3. The average Bonchev–Trinajstić information content (AvgIpc) is 3.03. The molecule has 2 heterocycles. The standard InChI is InChI=1S/C26H25ClF2N2O5S/c1-13-5-15(7-17(6-13)37(2,34)35)26(33)31-22-4-3-14(22)8-23(31)25(32)30-24(16-11-36-12-16)18-9-21(29)19(27)10-20(18)28/h3-7,9-10,14,16,22-24H,8,11-12H2,1-2H3,(H,30,32)/t14-,22-,23-,24-/m1/s1. The third kappa shape index (κ3) is 4.78. The van der Waals surface area contributed by atoms with Crippen molar-refractivity contribution in [1.29, 1.82) is 0 Å². The highest BCUT2D eigenvalue weighted by Crippen LogP contribution is 2.40. The van der Waals surface area contributed by atoms with Crippen molar-refractivity contribution < 1.29 is 31.5 Å². The third-order valence-corrected chi connectivity index (χ3v) is 8.60. The third-order valence-electron chi connectivity index (χ3n) is 7.22. The number of hydrogen-bond donors (Lipinski definition) is 1. The van der Waals surface area contributed by atoms with Crippen molar-refractivity contribution >= 4 is 33.3 Å². The number of benzene rings is 2. The summed E-state index contributed by atoms with van der Waals surface area (Å²) in [6.07, 6.45) is 5.17. The number of likely N-dealkylation sites (tertiary alicyclic amines) is 1. The van der Waals surface area contributed by atoms with E-state index in [1.165, 1.54) is 17.0 Å². The molecule has 0 aromatic heterocycles. The van der Waals surface area contributed by atoms with Gasteiger partial charge in [-0.15, -0.1) is 0 Å². The summed E-state index contributed by atoms with van der Waals surface area (Å²) < 4.78 is 58.5. The smallest absolute Gasteiger partial charge is 0.255 e. The van der Waals surface area contributed by atoms with Crippen molar-refractivity contribution in [2.75, 3.05) is 19.5 Å². The van der Waals surface area contributed by atoms with E-state index in [0.717, 1.165) is 18.4 Å². The molecule has 2 saturated heterocycles. The normalized spacial score (nSPS) is 23.7. The Morgan fingerprint density at radius 2 is 1.84 bits per heavy atom. The van der Waals surface area contributed by atoms with Crippen LogP contribution >= 0.6 is 11.6 Å². The molecule has 0 unspecified atom stereocenters. The Bertz CT molecular complexity index is 1430. The predicted octanol–water partition coefficient (Wildman–Crippen LogP) is 3.60. The van der Waals surface area contributed by atoms with Crippen molar-refractivity contribution in [2.24, 2.45) is 11.8 Å². The maximum atomic E-state index is 14.8. The van der Waals surface area contributed by atoms with E-state index >= 15 is 0 Å². The molecular formula is C26H25ClF2N2O5S. The van der Waals surface area contributed by atoms with Crippen LogP contribution in [0.5, 0.6) is 0 Å². The largest absolute Gasteiger partial charge is 0.381 e. The van der Waals surface area contributed by atoms with Crippen LogP contribution in [0.1, 0.15) is 33.9 Å². The number of nitrogens with zero attached hydrogens (tertiary/aromatic N) is 1. The van der Waals surface area contributed by atoms with E-state index in [-0.39, 0.29) is 52.1 Å². The zero-order valence-corrected chi connectivity index (χ0v) is 21.7. The zero-order valence-electron chi connectivity index (χ0n) is 20.1. The molecule has 0 radical (unpaired) electrons. The number of carbonyl (C=O) groups is 2. The molecular weight excluding hydrogens is 526 g/mol. The average molecular weight is 551 g/mol. The van der Waals surface area contributed by atoms with Gasteiger partial charge in [-0.1, -0.05) is 23.8 Å². The van der Waals surface area contributed by atoms with E-state index < -0.39 is 45.4 Å². The molecule has 1 aliphatic carbocycles. The second-order valence-electron chi connectivity index (χ2n) is 9.88. The van der Waals surface area contributed by atoms with E-state index in [1.807, 2.05) is 12.2 Å². The molecule has 2 aromatic rings. The molecule has 7 nitrogen and oxygen atoms in total. The maximum absolute atomic E-state index is 14.8. The maximum Gasteiger partial charge on any atom is 0.255 e. The summed E-state index contributed by atoms with van der Waals surface area (Å²) in [5, 5.41) is 2.47. The number of halogens is 3. The predicted molar refractivity (Wildman–Crippen MR) is 132 cm³/mol. The fraction of sp³-hybridized carbons (Fsp3) is 0.385. The van der Waals surface area contributed by atoms with Crippen LogP contribution in [-0.4, -0.2) is 56.7 Å². The number of nitrogens with one attached hydrogen (secondary N) is 1. The van der Waals surface area contributed by atoms with Gasteiger partial charge in [0.15, 0.2) is 9.84 Å². The lowest BCUT2D eigenvalue weighted by molar-refractivity contribution is -0.128. The number of ether oxygens (including phenoxy) is 1. The van der Waals surface area contributed by atoms with Crippen molar-refractivity contribution in [2.45, 2.75) is 36.4 Å². The fourth-order valence-corrected chi connectivity index (χ4v) is 6.02. The van der Waals surface area contributed by atoms with Gasteiger partial charge in [-0.3, -0.25) is 9.59 Å². The number of rotatable bonds is 6. The van der Waals surface area contributed by atoms with Gasteiger partial charge in [0.05, 0.1) is 35.2 Å². The van der Waals surface area contributed by atoms with E-state index in [2.05, 4.69) is 5.32 Å². The summed E-state index contributed by atoms with van der Waals surface area (Å²) in [5.41, 5.74) is 0.711. The molecule has 11 heteroatoms. The lowest BCUT2D eigenvalue weighted by Crippen LogP contribution is -2.52. The highest BCUT2D eigenvalue weighted by molar-refractivity contribution is 7.90. The van der Waals surface area contributed by atoms with Crippen LogP contribution in [0.4, 0.5) is 8.78 Å². The van der Waals surface area contributed by atoms with Crippen molar-refractivity contribution in [3.05, 3.63) is 75.8 Å². The minimum absolute atomic E-state index is 0.0158. The number of hydrogen-bond acceptors (Lipinski definition) is 5. The lowest BCUT2D eigenvalue weighted by atomic mass is 9.88. The fourth-order valence-electron chi connectivity index (χ4n) is 5.13. The van der Waals surface area contributed by atoms with Gasteiger partial charge in [-0.2, -0.15) is 0 Å². The Morgan fingerprint density at radius 1 is 1.11 bits per heavy atom. The quantitative estimate of drug-likeness (QED) is 0.438. The topological polar surface area (TPSA) is 92.8 Å². The molecule has 3 aliphatic rings. The molecule has 2 fully saturated rings. The summed E-state index contributed by atoms with van der Waals surface area (Å²) >= 11 is 5.71. The van der Waals surface area contributed by atoms with Gasteiger partial charge in [-0.05, 0) is 49.2 Å². The molecule has 2 aliphatic heterocycles. The summed E-state index contributed by atoms with van der Waals surface area (Å²) in [4.78, 5) is 28.7. The lowest BCUT2D eigenvalue weighted by Gasteiger charge is -2.37. The Kier molecular flexibility index (Phi) is 6.62. The van der Waals surface area contributed by atoms with Gasteiger partial charge >= 0.3 is 0 Å². The zero-order chi connectivity index (χ0) is 26.6. The van der Waals surface area contributed by atoms with Crippen LogP contribution in [0.3, 0.4) is 0 Å². The second kappa shape index (κ2) is 9.49. The van der Waals surface area contributed by atoms with E-state index in [1.54, 1.807) is 13.0 Å². The van der Waals surface area contributed by atoms with Gasteiger partial charge in [0.1, 0.15) is 17.7 Å². The Balaban J connectivity index is 1.45. The highest BCUT2D eigenvalue weighted by atomic mass is 35.5. The molecule has 0 bridgehead atoms. The molecule has 1 N–H and O–H groups in total. The van der Waals surface area contributed by atoms with Gasteiger partial charge in [0.25, 0.3) is 5.91 Å². The molecule has 37 heavy (non-hydrogen) atoms. The first-order valence-corrected chi connectivity index (χ1v) is 14.1. The molecule has 2 aromatic carbocycles. The molecule has 4 atom stereocenters. The number of carbonyl (C=O) groups excluding carboxylic acids is 2. The number of fused-ring (bicyclic) bond motifs is 1. The number of amides is 2. The first kappa shape index (κ1) is 25.8. The van der Waals surface area contributed by atoms with Gasteiger partial charge in [0, 0.05) is 29.2 Å². The minimum Gasteiger partial charge on any atom is -0.381 e. The van der Waals surface area contributed by atoms with Crippen LogP contribution in [0.15, 0.2) is 47.4 Å². The van der Waals surface area contributed by atoms with Crippen molar-refractivity contribution in [3.8, 4) is 0 Å². The van der Waals surface area contributed by atoms with Crippen molar-refractivity contribution in [1.82, 2.24) is 10.2 Å². The van der Waals surface area contributed by atoms with E-state index in [9.17, 15) is 26.8 Å². The van der Waals surface area contributed by atoms with Gasteiger partial charge < -0.3 is 15.0 Å². The Morgan fingerprint density at radius 3 is 2.43 bits per heavy atom. The molecule has 0 saturated carbocycles. The number of aryl methyl sites for hydroxylation is 1. The SMILES string of the molecule is Cc1cc(C(=O)N2[C@@H](C(=O)N[C@@H](c3cc(F)c(Cl)cc3F)C3COC3)C[C@H]3C=C[C@H]32)cc(S(C)(=O)=O)c1. The van der Waals surface area contributed by atoms with Crippen LogP contribution in [0.25, 0.3) is 0 Å². The summed E-state index contributed by atoms with van der Waals surface area (Å²) in [5.74, 6) is -2.86. The molecule has 2 amide bonds. The van der Waals surface area contributed by atoms with Crippen LogP contribution in [0.2, 0.25) is 5.02 Å². The van der Waals surface area contributed by atoms with Crippen LogP contribution in [0, 0.1) is 30.4 Å². The molecule has 0 spiro atoms. The van der Waals surface area contributed by atoms with E-state index in [4.69, 9.17) is 16.3 Å². The first-order valence-electron chi connectivity index (χ1n) is 11.8. The van der Waals surface area contributed by atoms with Gasteiger partial charge in [0.2, 0.25) is 5.91 Å². The minimum atomic E-state index is -3.56. The highest BCUT2D eigenvalue weighted by Gasteiger charge is 2.49. The number of sulfone groups is 1. The van der Waals surface area contributed by atoms with Gasteiger partial charge in [-0.25, -0.2) is 17.2 Å². The summed E-state index contributed by atoms with van der Waals surface area (Å²) in [6, 6.07) is 4.15. The molecule has 5 rings (SSSR count). The monoisotopic (exact) mass is 550 g/mol. The Hall–Kier alpha value is -2.82. The van der Waals surface area contributed by atoms with E-state index in [0.29, 0.717) is 12.0 Å². The summed E-state index contributed by atoms with van der Waals surface area (Å²) in [7, 11) is -3.56. The first-order chi connectivity index (χ1) is 17.4. The molecule has 196 valence electrons. The van der Waals surface area contributed by atoms with Crippen molar-refractivity contribution in [3.63, 3.8) is 0 Å². The summed E-state index contributed by atoms with van der Waals surface area (Å²) in [6.45, 7) is 2.20. The Labute approximate surface area is 218 Å². The van der Waals surface area contributed by atoms with Crippen LogP contribution < -0.4 is 5.32 Å². The van der Waals surface area contributed by atoms with Crippen LogP contribution in [-0.2, 0) is 19.4 Å².